The van der Waals surface area contributed by atoms with Gasteiger partial charge in [-0.25, -0.2) is 0 Å². The Labute approximate surface area is 119 Å². The number of aromatic hydroxyl groups is 1. The summed E-state index contributed by atoms with van der Waals surface area (Å²) in [6.45, 7) is 1.13. The molecule has 0 aliphatic heterocycles. The van der Waals surface area contributed by atoms with E-state index in [-0.39, 0.29) is 5.75 Å². The van der Waals surface area contributed by atoms with Gasteiger partial charge in [0.1, 0.15) is 11.5 Å². The predicted octanol–water partition coefficient (Wildman–Crippen LogP) is 3.16. The first-order valence-electron chi connectivity index (χ1n) is 6.40. The second-order valence-corrected chi connectivity index (χ2v) is 4.48. The van der Waals surface area contributed by atoms with Gasteiger partial charge in [0.25, 0.3) is 0 Å². The van der Waals surface area contributed by atoms with Gasteiger partial charge >= 0.3 is 0 Å². The Morgan fingerprint density at radius 1 is 1.10 bits per heavy atom. The fraction of sp³-hybridized carbons (Fsp3) is 0.250. The monoisotopic (exact) mass is 273 g/mol. The van der Waals surface area contributed by atoms with Crippen LogP contribution in [0.25, 0.3) is 0 Å². The maximum absolute atomic E-state index is 9.90. The second kappa shape index (κ2) is 6.82. The van der Waals surface area contributed by atoms with Gasteiger partial charge < -0.3 is 19.9 Å². The molecule has 4 heteroatoms. The molecule has 0 saturated carbocycles. The van der Waals surface area contributed by atoms with Crippen LogP contribution in [0.3, 0.4) is 0 Å². The molecule has 0 spiro atoms. The number of phenolic OH excluding ortho intramolecular Hbond substituents is 1. The Balaban J connectivity index is 2.03. The number of methoxy groups -OCH3 is 2. The van der Waals surface area contributed by atoms with Crippen LogP contribution in [0.1, 0.15) is 11.1 Å². The minimum absolute atomic E-state index is 0.227. The third-order valence-corrected chi connectivity index (χ3v) is 3.01. The molecule has 0 bridgehead atoms. The van der Waals surface area contributed by atoms with Gasteiger partial charge in [-0.3, -0.25) is 0 Å². The topological polar surface area (TPSA) is 50.7 Å². The number of anilines is 1. The van der Waals surface area contributed by atoms with Crippen molar-refractivity contribution in [2.75, 3.05) is 19.5 Å². The summed E-state index contributed by atoms with van der Waals surface area (Å²) in [5, 5.41) is 13.2. The Kier molecular flexibility index (Phi) is 4.85. The first-order chi connectivity index (χ1) is 9.72. The van der Waals surface area contributed by atoms with Crippen LogP contribution in [0.2, 0.25) is 0 Å². The molecule has 106 valence electrons. The molecule has 0 fully saturated rings. The molecule has 0 unspecified atom stereocenters. The molecule has 0 atom stereocenters. The quantitative estimate of drug-likeness (QED) is 0.849. The highest BCUT2D eigenvalue weighted by molar-refractivity contribution is 5.48. The van der Waals surface area contributed by atoms with Crippen molar-refractivity contribution >= 4 is 5.69 Å². The number of phenols is 1. The first-order valence-corrected chi connectivity index (χ1v) is 6.40. The van der Waals surface area contributed by atoms with Crippen LogP contribution >= 0.6 is 0 Å². The van der Waals surface area contributed by atoms with Crippen molar-refractivity contribution in [3.63, 3.8) is 0 Å². The molecular formula is C16H19NO3. The average Bonchev–Trinajstić information content (AvgIpc) is 2.46. The third kappa shape index (κ3) is 3.65. The maximum Gasteiger partial charge on any atom is 0.124 e. The summed E-state index contributed by atoms with van der Waals surface area (Å²) < 4.78 is 10.2. The molecule has 2 N–H and O–H groups in total. The Morgan fingerprint density at radius 2 is 1.95 bits per heavy atom. The molecule has 2 aromatic rings. The number of hydrogen-bond acceptors (Lipinski definition) is 4. The van der Waals surface area contributed by atoms with Crippen molar-refractivity contribution in [2.45, 2.75) is 13.2 Å². The summed E-state index contributed by atoms with van der Waals surface area (Å²) in [4.78, 5) is 0. The highest BCUT2D eigenvalue weighted by Crippen LogP contribution is 2.24. The largest absolute Gasteiger partial charge is 0.507 e. The molecule has 0 saturated heterocycles. The van der Waals surface area contributed by atoms with E-state index in [2.05, 4.69) is 5.32 Å². The fourth-order valence-corrected chi connectivity index (χ4v) is 1.96. The molecule has 0 aromatic heterocycles. The molecule has 20 heavy (non-hydrogen) atoms. The van der Waals surface area contributed by atoms with Crippen LogP contribution in [0.4, 0.5) is 5.69 Å². The molecule has 0 aliphatic rings. The summed E-state index contributed by atoms with van der Waals surface area (Å²) in [5.74, 6) is 0.873. The van der Waals surface area contributed by atoms with Crippen LogP contribution < -0.4 is 10.1 Å². The van der Waals surface area contributed by atoms with Crippen LogP contribution in [0.15, 0.2) is 42.5 Å². The van der Waals surface area contributed by atoms with Crippen molar-refractivity contribution in [1.82, 2.24) is 0 Å². The minimum atomic E-state index is 0.227. The number of hydrogen-bond donors (Lipinski definition) is 2. The van der Waals surface area contributed by atoms with E-state index in [1.165, 1.54) is 0 Å². The Hall–Kier alpha value is -2.20. The maximum atomic E-state index is 9.90. The average molecular weight is 273 g/mol. The van der Waals surface area contributed by atoms with Crippen molar-refractivity contribution in [2.24, 2.45) is 0 Å². The molecule has 0 radical (unpaired) electrons. The van der Waals surface area contributed by atoms with E-state index in [0.29, 0.717) is 18.9 Å². The van der Waals surface area contributed by atoms with Crippen molar-refractivity contribution in [1.29, 1.82) is 0 Å². The lowest BCUT2D eigenvalue weighted by Crippen LogP contribution is -2.00. The minimum Gasteiger partial charge on any atom is -0.507 e. The summed E-state index contributed by atoms with van der Waals surface area (Å²) in [6, 6.07) is 13.3. The SMILES string of the molecule is COCc1cccc(NCc2ccc(OC)cc2O)c1. The van der Waals surface area contributed by atoms with Gasteiger partial charge in [0, 0.05) is 31.0 Å². The van der Waals surface area contributed by atoms with Gasteiger partial charge in [0.15, 0.2) is 0 Å². The molecule has 0 amide bonds. The predicted molar refractivity (Wildman–Crippen MR) is 79.1 cm³/mol. The molecule has 0 aliphatic carbocycles. The normalized spacial score (nSPS) is 10.3. The first kappa shape index (κ1) is 14.2. The lowest BCUT2D eigenvalue weighted by Gasteiger charge is -2.10. The molecule has 4 nitrogen and oxygen atoms in total. The lowest BCUT2D eigenvalue weighted by molar-refractivity contribution is 0.185. The smallest absolute Gasteiger partial charge is 0.124 e. The van der Waals surface area contributed by atoms with Crippen molar-refractivity contribution < 1.29 is 14.6 Å². The van der Waals surface area contributed by atoms with E-state index in [9.17, 15) is 5.11 Å². The van der Waals surface area contributed by atoms with E-state index < -0.39 is 0 Å². The molecule has 2 rings (SSSR count). The third-order valence-electron chi connectivity index (χ3n) is 3.01. The fourth-order valence-electron chi connectivity index (χ4n) is 1.96. The van der Waals surface area contributed by atoms with E-state index in [1.807, 2.05) is 36.4 Å². The summed E-state index contributed by atoms with van der Waals surface area (Å²) in [5.41, 5.74) is 2.93. The molecular weight excluding hydrogens is 254 g/mol. The van der Waals surface area contributed by atoms with Gasteiger partial charge in [0.2, 0.25) is 0 Å². The van der Waals surface area contributed by atoms with E-state index in [1.54, 1.807) is 20.3 Å². The van der Waals surface area contributed by atoms with Crippen LogP contribution in [0, 0.1) is 0 Å². The van der Waals surface area contributed by atoms with Gasteiger partial charge in [-0.2, -0.15) is 0 Å². The second-order valence-electron chi connectivity index (χ2n) is 4.48. The standard InChI is InChI=1S/C16H19NO3/c1-19-11-12-4-3-5-14(8-12)17-10-13-6-7-15(20-2)9-16(13)18/h3-9,17-18H,10-11H2,1-2H3. The van der Waals surface area contributed by atoms with Crippen LogP contribution in [-0.4, -0.2) is 19.3 Å². The molecule has 0 heterocycles. The van der Waals surface area contributed by atoms with Gasteiger partial charge in [-0.1, -0.05) is 12.1 Å². The zero-order valence-electron chi connectivity index (χ0n) is 11.7. The van der Waals surface area contributed by atoms with Gasteiger partial charge in [-0.05, 0) is 29.8 Å². The highest BCUT2D eigenvalue weighted by atomic mass is 16.5. The number of rotatable bonds is 6. The highest BCUT2D eigenvalue weighted by Gasteiger charge is 2.03. The van der Waals surface area contributed by atoms with Gasteiger partial charge in [-0.15, -0.1) is 0 Å². The summed E-state index contributed by atoms with van der Waals surface area (Å²) in [6.07, 6.45) is 0. The van der Waals surface area contributed by atoms with Crippen molar-refractivity contribution in [3.8, 4) is 11.5 Å². The lowest BCUT2D eigenvalue weighted by atomic mass is 10.1. The van der Waals surface area contributed by atoms with Crippen LogP contribution in [0.5, 0.6) is 11.5 Å². The van der Waals surface area contributed by atoms with E-state index >= 15 is 0 Å². The number of benzene rings is 2. The Bertz CT molecular complexity index is 569. The zero-order chi connectivity index (χ0) is 14.4. The van der Waals surface area contributed by atoms with E-state index in [4.69, 9.17) is 9.47 Å². The molecule has 2 aromatic carbocycles. The Morgan fingerprint density at radius 3 is 2.65 bits per heavy atom. The summed E-state index contributed by atoms with van der Waals surface area (Å²) >= 11 is 0. The number of ether oxygens (including phenoxy) is 2. The zero-order valence-corrected chi connectivity index (χ0v) is 11.7. The van der Waals surface area contributed by atoms with Gasteiger partial charge in [0.05, 0.1) is 13.7 Å². The summed E-state index contributed by atoms with van der Waals surface area (Å²) in [7, 11) is 3.25. The van der Waals surface area contributed by atoms with E-state index in [0.717, 1.165) is 16.8 Å². The number of nitrogens with one attached hydrogen (secondary N) is 1. The van der Waals surface area contributed by atoms with Crippen LogP contribution in [-0.2, 0) is 17.9 Å². The van der Waals surface area contributed by atoms with Crippen molar-refractivity contribution in [3.05, 3.63) is 53.6 Å².